The zero-order valence-corrected chi connectivity index (χ0v) is 7.44. The Balaban J connectivity index is 3.15. The van der Waals surface area contributed by atoms with Gasteiger partial charge in [-0.05, 0) is 24.0 Å². The van der Waals surface area contributed by atoms with Crippen LogP contribution in [-0.4, -0.2) is 4.98 Å². The van der Waals surface area contributed by atoms with Gasteiger partial charge in [-0.1, -0.05) is 26.5 Å². The number of aromatic nitrogens is 1. The molecule has 1 heterocycles. The quantitative estimate of drug-likeness (QED) is 0.665. The lowest BCUT2D eigenvalue weighted by atomic mass is 10.0. The van der Waals surface area contributed by atoms with Crippen molar-refractivity contribution < 1.29 is 0 Å². The highest BCUT2D eigenvalue weighted by atomic mass is 14.7. The smallest absolute Gasteiger partial charge is 0.0191 e. The molecule has 0 atom stereocenters. The Morgan fingerprint density at radius 3 is 2.55 bits per heavy atom. The first-order valence-corrected chi connectivity index (χ1v) is 3.97. The number of aryl methyl sites for hydroxylation is 1. The second kappa shape index (κ2) is 2.95. The van der Waals surface area contributed by atoms with Crippen LogP contribution in [-0.2, 0) is 0 Å². The number of hydrogen-bond donors (Lipinski definition) is 1. The molecule has 0 saturated carbocycles. The summed E-state index contributed by atoms with van der Waals surface area (Å²) in [5.41, 5.74) is 3.83. The van der Waals surface area contributed by atoms with E-state index in [4.69, 9.17) is 0 Å². The third-order valence-electron chi connectivity index (χ3n) is 1.99. The Labute approximate surface area is 68.1 Å². The molecule has 1 N–H and O–H groups in total. The molecule has 1 heteroatoms. The highest BCUT2D eigenvalue weighted by Gasteiger charge is 2.07. The minimum atomic E-state index is 0.577. The summed E-state index contributed by atoms with van der Waals surface area (Å²) in [6, 6.07) is 0. The van der Waals surface area contributed by atoms with Crippen LogP contribution in [0.1, 0.15) is 36.6 Å². The molecule has 0 bridgehead atoms. The minimum Gasteiger partial charge on any atom is -0.364 e. The van der Waals surface area contributed by atoms with Gasteiger partial charge in [-0.2, -0.15) is 0 Å². The molecule has 11 heavy (non-hydrogen) atoms. The van der Waals surface area contributed by atoms with Crippen molar-refractivity contribution in [1.29, 1.82) is 0 Å². The fraction of sp³-hybridized carbons (Fsp3) is 0.400. The minimum absolute atomic E-state index is 0.577. The molecule has 1 nitrogen and oxygen atoms in total. The molecule has 0 radical (unpaired) electrons. The molecule has 0 aromatic carbocycles. The van der Waals surface area contributed by atoms with E-state index in [9.17, 15) is 0 Å². The van der Waals surface area contributed by atoms with Crippen LogP contribution in [0.3, 0.4) is 0 Å². The molecule has 1 rings (SSSR count). The molecular formula is C10H15N. The van der Waals surface area contributed by atoms with E-state index < -0.39 is 0 Å². The fourth-order valence-corrected chi connectivity index (χ4v) is 1.31. The fourth-order valence-electron chi connectivity index (χ4n) is 1.31. The normalized spacial score (nSPS) is 10.5. The Hall–Kier alpha value is -0.980. The van der Waals surface area contributed by atoms with Gasteiger partial charge in [0.25, 0.3) is 0 Å². The Morgan fingerprint density at radius 1 is 1.55 bits per heavy atom. The average molecular weight is 149 g/mol. The first-order valence-electron chi connectivity index (χ1n) is 3.97. The molecule has 0 amide bonds. The molecular weight excluding hydrogens is 134 g/mol. The number of rotatable bonds is 2. The van der Waals surface area contributed by atoms with Gasteiger partial charge in [0, 0.05) is 11.9 Å². The van der Waals surface area contributed by atoms with Crippen molar-refractivity contribution >= 4 is 6.08 Å². The highest BCUT2D eigenvalue weighted by Crippen LogP contribution is 2.22. The second-order valence-corrected chi connectivity index (χ2v) is 3.14. The summed E-state index contributed by atoms with van der Waals surface area (Å²) < 4.78 is 0. The third kappa shape index (κ3) is 1.37. The molecule has 0 aliphatic carbocycles. The third-order valence-corrected chi connectivity index (χ3v) is 1.99. The van der Waals surface area contributed by atoms with Crippen LogP contribution in [0.4, 0.5) is 0 Å². The molecule has 1 aromatic rings. The zero-order chi connectivity index (χ0) is 8.43. The molecule has 0 spiro atoms. The molecule has 60 valence electrons. The van der Waals surface area contributed by atoms with Gasteiger partial charge in [0.05, 0.1) is 0 Å². The van der Waals surface area contributed by atoms with Crippen LogP contribution in [0.25, 0.3) is 6.08 Å². The van der Waals surface area contributed by atoms with Gasteiger partial charge in [-0.3, -0.25) is 0 Å². The van der Waals surface area contributed by atoms with Gasteiger partial charge in [0.1, 0.15) is 0 Å². The number of hydrogen-bond acceptors (Lipinski definition) is 0. The van der Waals surface area contributed by atoms with E-state index in [1.807, 2.05) is 6.08 Å². The summed E-state index contributed by atoms with van der Waals surface area (Å²) in [6.45, 7) is 10.2. The van der Waals surface area contributed by atoms with Gasteiger partial charge in [0.2, 0.25) is 0 Å². The monoisotopic (exact) mass is 149 g/mol. The highest BCUT2D eigenvalue weighted by molar-refractivity contribution is 5.55. The van der Waals surface area contributed by atoms with Crippen LogP contribution < -0.4 is 0 Å². The Morgan fingerprint density at radius 2 is 2.18 bits per heavy atom. The van der Waals surface area contributed by atoms with Crippen LogP contribution in [0, 0.1) is 6.92 Å². The van der Waals surface area contributed by atoms with E-state index in [-0.39, 0.29) is 0 Å². The van der Waals surface area contributed by atoms with E-state index in [1.165, 1.54) is 16.8 Å². The van der Waals surface area contributed by atoms with E-state index in [2.05, 4.69) is 38.5 Å². The van der Waals surface area contributed by atoms with Crippen LogP contribution in [0.2, 0.25) is 0 Å². The number of H-pyrrole nitrogens is 1. The van der Waals surface area contributed by atoms with Crippen molar-refractivity contribution in [3.63, 3.8) is 0 Å². The summed E-state index contributed by atoms with van der Waals surface area (Å²) in [7, 11) is 0. The molecule has 0 saturated heterocycles. The predicted molar refractivity (Wildman–Crippen MR) is 49.7 cm³/mol. The van der Waals surface area contributed by atoms with E-state index in [1.54, 1.807) is 0 Å². The van der Waals surface area contributed by atoms with Gasteiger partial charge < -0.3 is 4.98 Å². The zero-order valence-electron chi connectivity index (χ0n) is 7.44. The molecule has 0 unspecified atom stereocenters. The van der Waals surface area contributed by atoms with Crippen molar-refractivity contribution in [2.45, 2.75) is 26.7 Å². The number of nitrogens with one attached hydrogen (secondary N) is 1. The van der Waals surface area contributed by atoms with Crippen molar-refractivity contribution in [2.75, 3.05) is 0 Å². The average Bonchev–Trinajstić information content (AvgIpc) is 2.30. The van der Waals surface area contributed by atoms with E-state index in [0.29, 0.717) is 5.92 Å². The van der Waals surface area contributed by atoms with Crippen LogP contribution in [0.15, 0.2) is 12.8 Å². The lowest BCUT2D eigenvalue weighted by molar-refractivity contribution is 0.866. The summed E-state index contributed by atoms with van der Waals surface area (Å²) in [5.74, 6) is 0.577. The SMILES string of the molecule is C=Cc1c(C(C)C)c[nH]c1C. The van der Waals surface area contributed by atoms with Gasteiger partial charge in [0.15, 0.2) is 0 Å². The second-order valence-electron chi connectivity index (χ2n) is 3.14. The van der Waals surface area contributed by atoms with Crippen molar-refractivity contribution in [3.8, 4) is 0 Å². The van der Waals surface area contributed by atoms with Crippen LogP contribution in [0.5, 0.6) is 0 Å². The van der Waals surface area contributed by atoms with E-state index in [0.717, 1.165) is 0 Å². The summed E-state index contributed by atoms with van der Waals surface area (Å²) in [6.07, 6.45) is 3.98. The van der Waals surface area contributed by atoms with Crippen molar-refractivity contribution in [2.24, 2.45) is 0 Å². The molecule has 0 aliphatic heterocycles. The Bertz CT molecular complexity index is 256. The maximum absolute atomic E-state index is 3.79. The largest absolute Gasteiger partial charge is 0.364 e. The molecule has 0 fully saturated rings. The summed E-state index contributed by atoms with van der Waals surface area (Å²) >= 11 is 0. The van der Waals surface area contributed by atoms with Gasteiger partial charge in [-0.15, -0.1) is 0 Å². The van der Waals surface area contributed by atoms with Crippen molar-refractivity contribution in [3.05, 3.63) is 29.6 Å². The lowest BCUT2D eigenvalue weighted by Gasteiger charge is -2.02. The van der Waals surface area contributed by atoms with Gasteiger partial charge >= 0.3 is 0 Å². The first-order chi connectivity index (χ1) is 5.16. The van der Waals surface area contributed by atoms with E-state index >= 15 is 0 Å². The van der Waals surface area contributed by atoms with Crippen molar-refractivity contribution in [1.82, 2.24) is 4.98 Å². The maximum Gasteiger partial charge on any atom is 0.0191 e. The summed E-state index contributed by atoms with van der Waals surface area (Å²) in [5, 5.41) is 0. The first kappa shape index (κ1) is 8.12. The lowest BCUT2D eigenvalue weighted by Crippen LogP contribution is -1.86. The molecule has 0 aliphatic rings. The predicted octanol–water partition coefficient (Wildman–Crippen LogP) is 3.09. The van der Waals surface area contributed by atoms with Gasteiger partial charge in [-0.25, -0.2) is 0 Å². The van der Waals surface area contributed by atoms with Crippen LogP contribution >= 0.6 is 0 Å². The standard InChI is InChI=1S/C10H15N/c1-5-9-8(4)11-6-10(9)7(2)3/h5-7,11H,1H2,2-4H3. The molecule has 1 aromatic heterocycles. The maximum atomic E-state index is 3.79. The number of aromatic amines is 1. The Kier molecular flexibility index (Phi) is 2.18. The topological polar surface area (TPSA) is 15.8 Å². The summed E-state index contributed by atoms with van der Waals surface area (Å²) in [4.78, 5) is 3.20.